The summed E-state index contributed by atoms with van der Waals surface area (Å²) in [5.41, 5.74) is 0. The minimum atomic E-state index is -0.877. The average molecular weight is 316 g/mol. The van der Waals surface area contributed by atoms with Crippen LogP contribution in [0, 0.1) is 5.92 Å². The van der Waals surface area contributed by atoms with Gasteiger partial charge in [0.15, 0.2) is 0 Å². The Bertz CT molecular complexity index is 255. The van der Waals surface area contributed by atoms with Crippen LogP contribution >= 0.6 is 0 Å². The predicted octanol–water partition coefficient (Wildman–Crippen LogP) is 4.13. The Labute approximate surface area is 135 Å². The molecule has 22 heavy (non-hydrogen) atoms. The van der Waals surface area contributed by atoms with E-state index in [1.165, 1.54) is 38.5 Å². The summed E-state index contributed by atoms with van der Waals surface area (Å²) >= 11 is 0. The zero-order valence-corrected chi connectivity index (χ0v) is 14.3. The first-order valence-electron chi connectivity index (χ1n) is 9.15. The van der Waals surface area contributed by atoms with Gasteiger partial charge in [0.05, 0.1) is 12.0 Å². The summed E-state index contributed by atoms with van der Waals surface area (Å²) in [7, 11) is 0. The van der Waals surface area contributed by atoms with E-state index in [1.807, 2.05) is 0 Å². The van der Waals surface area contributed by atoms with Crippen LogP contribution in [0.2, 0.25) is 0 Å². The van der Waals surface area contributed by atoms with Crippen molar-refractivity contribution >= 4 is 5.97 Å². The number of carbonyl (C=O) groups is 1. The van der Waals surface area contributed by atoms with Crippen LogP contribution in [0.3, 0.4) is 0 Å². The Balaban J connectivity index is 3.73. The van der Waals surface area contributed by atoms with Gasteiger partial charge in [-0.05, 0) is 19.3 Å². The molecule has 0 aromatic heterocycles. The molecule has 4 nitrogen and oxygen atoms in total. The summed E-state index contributed by atoms with van der Waals surface area (Å²) in [5, 5.41) is 28.0. The molecule has 2 atom stereocenters. The molecule has 0 aliphatic rings. The number of aliphatic hydroxyl groups excluding tert-OH is 2. The van der Waals surface area contributed by atoms with Crippen LogP contribution in [0.25, 0.3) is 0 Å². The van der Waals surface area contributed by atoms with Gasteiger partial charge in [-0.15, -0.1) is 0 Å². The zero-order chi connectivity index (χ0) is 16.6. The normalized spacial score (nSPS) is 14.0. The highest BCUT2D eigenvalue weighted by Crippen LogP contribution is 2.20. The second-order valence-electron chi connectivity index (χ2n) is 6.35. The third-order valence-corrected chi connectivity index (χ3v) is 4.31. The molecule has 0 spiro atoms. The van der Waals surface area contributed by atoms with Crippen molar-refractivity contribution in [1.82, 2.24) is 0 Å². The third kappa shape index (κ3) is 12.0. The van der Waals surface area contributed by atoms with Crippen LogP contribution in [0.1, 0.15) is 90.4 Å². The maximum atomic E-state index is 11.3. The molecule has 0 saturated heterocycles. The number of rotatable bonds is 16. The smallest absolute Gasteiger partial charge is 0.309 e. The van der Waals surface area contributed by atoms with Gasteiger partial charge >= 0.3 is 5.97 Å². The van der Waals surface area contributed by atoms with Crippen molar-refractivity contribution in [3.8, 4) is 0 Å². The molecule has 0 heterocycles. The summed E-state index contributed by atoms with van der Waals surface area (Å²) in [5.74, 6) is -1.51. The van der Waals surface area contributed by atoms with E-state index in [0.29, 0.717) is 12.8 Å². The molecule has 3 N–H and O–H groups in total. The fourth-order valence-electron chi connectivity index (χ4n) is 2.82. The van der Waals surface area contributed by atoms with E-state index in [9.17, 15) is 15.0 Å². The molecule has 0 amide bonds. The number of unbranched alkanes of at least 4 members (excludes halogenated alkanes) is 9. The van der Waals surface area contributed by atoms with Gasteiger partial charge in [0.2, 0.25) is 0 Å². The van der Waals surface area contributed by atoms with Gasteiger partial charge < -0.3 is 15.3 Å². The lowest BCUT2D eigenvalue weighted by molar-refractivity contribution is -0.146. The molecule has 0 aliphatic heterocycles. The average Bonchev–Trinajstić information content (AvgIpc) is 2.49. The Morgan fingerprint density at radius 2 is 1.32 bits per heavy atom. The summed E-state index contributed by atoms with van der Waals surface area (Å²) in [4.78, 5) is 11.3. The molecule has 132 valence electrons. The SMILES string of the molecule is CCCCCCCCCCC(C(=O)O)C(O)CCCCCO. The third-order valence-electron chi connectivity index (χ3n) is 4.31. The molecular weight excluding hydrogens is 280 g/mol. The summed E-state index contributed by atoms with van der Waals surface area (Å²) in [6.45, 7) is 2.37. The summed E-state index contributed by atoms with van der Waals surface area (Å²) in [6, 6.07) is 0. The van der Waals surface area contributed by atoms with Crippen molar-refractivity contribution in [1.29, 1.82) is 0 Å². The van der Waals surface area contributed by atoms with Crippen LogP contribution in [0.5, 0.6) is 0 Å². The molecule has 2 unspecified atom stereocenters. The number of carboxylic acid groups (broad SMARTS) is 1. The second-order valence-corrected chi connectivity index (χ2v) is 6.35. The van der Waals surface area contributed by atoms with Gasteiger partial charge in [0.1, 0.15) is 0 Å². The topological polar surface area (TPSA) is 77.8 Å². The number of aliphatic hydroxyl groups is 2. The van der Waals surface area contributed by atoms with E-state index >= 15 is 0 Å². The van der Waals surface area contributed by atoms with Crippen molar-refractivity contribution < 1.29 is 20.1 Å². The standard InChI is InChI=1S/C18H36O4/c1-2-3-4-5-6-7-8-10-13-16(18(21)22)17(20)14-11-9-12-15-19/h16-17,19-20H,2-15H2,1H3,(H,21,22). The highest BCUT2D eigenvalue weighted by atomic mass is 16.4. The lowest BCUT2D eigenvalue weighted by Gasteiger charge is -2.19. The first-order chi connectivity index (χ1) is 10.6. The Kier molecular flexibility index (Phi) is 14.9. The molecule has 0 bridgehead atoms. The zero-order valence-electron chi connectivity index (χ0n) is 14.3. The summed E-state index contributed by atoms with van der Waals surface area (Å²) in [6.07, 6.45) is 12.2. The van der Waals surface area contributed by atoms with Crippen molar-refractivity contribution in [3.63, 3.8) is 0 Å². The quantitative estimate of drug-likeness (QED) is 0.374. The van der Waals surface area contributed by atoms with Crippen molar-refractivity contribution in [2.45, 2.75) is 96.5 Å². The molecule has 4 heteroatoms. The highest BCUT2D eigenvalue weighted by molar-refractivity contribution is 5.70. The number of hydrogen-bond acceptors (Lipinski definition) is 3. The number of hydrogen-bond donors (Lipinski definition) is 3. The molecule has 0 radical (unpaired) electrons. The lowest BCUT2D eigenvalue weighted by atomic mass is 9.92. The lowest BCUT2D eigenvalue weighted by Crippen LogP contribution is -2.28. The number of carboxylic acids is 1. The van der Waals surface area contributed by atoms with Crippen LogP contribution in [-0.2, 0) is 4.79 Å². The van der Waals surface area contributed by atoms with Gasteiger partial charge in [-0.3, -0.25) is 4.79 Å². The minimum Gasteiger partial charge on any atom is -0.481 e. The van der Waals surface area contributed by atoms with Crippen molar-refractivity contribution in [2.24, 2.45) is 5.92 Å². The summed E-state index contributed by atoms with van der Waals surface area (Å²) < 4.78 is 0. The largest absolute Gasteiger partial charge is 0.481 e. The molecular formula is C18H36O4. The highest BCUT2D eigenvalue weighted by Gasteiger charge is 2.25. The number of aliphatic carboxylic acids is 1. The van der Waals surface area contributed by atoms with Gasteiger partial charge in [-0.2, -0.15) is 0 Å². The van der Waals surface area contributed by atoms with E-state index in [-0.39, 0.29) is 6.61 Å². The van der Waals surface area contributed by atoms with Crippen LogP contribution in [0.15, 0.2) is 0 Å². The molecule has 0 saturated carbocycles. The Morgan fingerprint density at radius 3 is 1.86 bits per heavy atom. The fraction of sp³-hybridized carbons (Fsp3) is 0.944. The minimum absolute atomic E-state index is 0.163. The van der Waals surface area contributed by atoms with Crippen LogP contribution in [-0.4, -0.2) is 34.0 Å². The predicted molar refractivity (Wildman–Crippen MR) is 89.9 cm³/mol. The molecule has 0 aromatic rings. The van der Waals surface area contributed by atoms with E-state index in [2.05, 4.69) is 6.92 Å². The Morgan fingerprint density at radius 1 is 0.818 bits per heavy atom. The van der Waals surface area contributed by atoms with Crippen LogP contribution < -0.4 is 0 Å². The molecule has 0 aromatic carbocycles. The van der Waals surface area contributed by atoms with Gasteiger partial charge in [0.25, 0.3) is 0 Å². The van der Waals surface area contributed by atoms with E-state index in [4.69, 9.17) is 5.11 Å². The molecule has 0 aliphatic carbocycles. The first kappa shape index (κ1) is 21.4. The monoisotopic (exact) mass is 316 g/mol. The van der Waals surface area contributed by atoms with Crippen LogP contribution in [0.4, 0.5) is 0 Å². The van der Waals surface area contributed by atoms with Gasteiger partial charge in [-0.1, -0.05) is 71.1 Å². The maximum absolute atomic E-state index is 11.3. The van der Waals surface area contributed by atoms with Crippen molar-refractivity contribution in [2.75, 3.05) is 6.61 Å². The second kappa shape index (κ2) is 15.3. The van der Waals surface area contributed by atoms with Gasteiger partial charge in [-0.25, -0.2) is 0 Å². The molecule has 0 rings (SSSR count). The van der Waals surface area contributed by atoms with Crippen molar-refractivity contribution in [3.05, 3.63) is 0 Å². The maximum Gasteiger partial charge on any atom is 0.309 e. The first-order valence-corrected chi connectivity index (χ1v) is 9.15. The van der Waals surface area contributed by atoms with Gasteiger partial charge in [0, 0.05) is 6.61 Å². The fourth-order valence-corrected chi connectivity index (χ4v) is 2.82. The van der Waals surface area contributed by atoms with E-state index < -0.39 is 18.0 Å². The van der Waals surface area contributed by atoms with E-state index in [0.717, 1.165) is 32.1 Å². The van der Waals surface area contributed by atoms with E-state index in [1.54, 1.807) is 0 Å². The Hall–Kier alpha value is -0.610. The molecule has 0 fully saturated rings.